The fourth-order valence-corrected chi connectivity index (χ4v) is 2.49. The summed E-state index contributed by atoms with van der Waals surface area (Å²) in [6.45, 7) is -1.02. The lowest BCUT2D eigenvalue weighted by Crippen LogP contribution is -2.34. The minimum absolute atomic E-state index is 0.161. The first-order chi connectivity index (χ1) is 12.6. The van der Waals surface area contributed by atoms with Gasteiger partial charge in [0, 0.05) is 12.8 Å². The van der Waals surface area contributed by atoms with Crippen molar-refractivity contribution >= 4 is 22.1 Å². The van der Waals surface area contributed by atoms with Gasteiger partial charge in [-0.1, -0.05) is 0 Å². The Morgan fingerprint density at radius 3 is 1.64 bits per heavy atom. The largest absolute Gasteiger partial charge is 0.466 e. The summed E-state index contributed by atoms with van der Waals surface area (Å²) in [6, 6.07) is 0. The van der Waals surface area contributed by atoms with E-state index in [0.717, 1.165) is 0 Å². The Labute approximate surface area is 157 Å². The third-order valence-electron chi connectivity index (χ3n) is 3.19. The van der Waals surface area contributed by atoms with Gasteiger partial charge in [0.1, 0.15) is 0 Å². The van der Waals surface area contributed by atoms with Gasteiger partial charge < -0.3 is 9.47 Å². The highest BCUT2D eigenvalue weighted by Gasteiger charge is 2.35. The molecule has 0 aromatic rings. The molecule has 0 aliphatic rings. The summed E-state index contributed by atoms with van der Waals surface area (Å²) in [7, 11) is -5.08. The van der Waals surface area contributed by atoms with Crippen molar-refractivity contribution in [3.05, 3.63) is 0 Å². The quantitative estimate of drug-likeness (QED) is 0.212. The topological polar surface area (TPSA) is 107 Å². The number of alkyl halides is 6. The van der Waals surface area contributed by atoms with E-state index in [1.54, 1.807) is 0 Å². The molecule has 28 heavy (non-hydrogen) atoms. The van der Waals surface area contributed by atoms with Crippen LogP contribution in [0.1, 0.15) is 44.9 Å². The molecule has 0 bridgehead atoms. The predicted octanol–water partition coefficient (Wildman–Crippen LogP) is 3.18. The van der Waals surface area contributed by atoms with Crippen LogP contribution in [0.3, 0.4) is 0 Å². The lowest BCUT2D eigenvalue weighted by molar-refractivity contribution is -0.151. The van der Waals surface area contributed by atoms with Gasteiger partial charge in [-0.25, -0.2) is 0 Å². The predicted molar refractivity (Wildman–Crippen MR) is 81.7 cm³/mol. The molecule has 1 N–H and O–H groups in total. The van der Waals surface area contributed by atoms with E-state index in [0.29, 0.717) is 0 Å². The van der Waals surface area contributed by atoms with Crippen molar-refractivity contribution < 1.29 is 58.4 Å². The fourth-order valence-electron chi connectivity index (χ4n) is 1.83. The number of carbonyl (C=O) groups excluding carboxylic acids is 2. The number of carbonyl (C=O) groups is 2. The van der Waals surface area contributed by atoms with Crippen LogP contribution in [0, 0.1) is 0 Å². The number of hydrogen-bond acceptors (Lipinski definition) is 6. The van der Waals surface area contributed by atoms with E-state index in [-0.39, 0.29) is 25.7 Å². The van der Waals surface area contributed by atoms with E-state index in [2.05, 4.69) is 9.47 Å². The highest BCUT2D eigenvalue weighted by Crippen LogP contribution is 2.23. The van der Waals surface area contributed by atoms with E-state index in [1.807, 2.05) is 0 Å². The van der Waals surface area contributed by atoms with E-state index < -0.39 is 72.1 Å². The lowest BCUT2D eigenvalue weighted by atomic mass is 10.2. The van der Waals surface area contributed by atoms with Gasteiger partial charge in [0.25, 0.3) is 10.1 Å². The van der Waals surface area contributed by atoms with Crippen molar-refractivity contribution in [3.8, 4) is 0 Å². The molecule has 0 fully saturated rings. The third kappa shape index (κ3) is 14.5. The Morgan fingerprint density at radius 1 is 0.821 bits per heavy atom. The number of halogens is 6. The van der Waals surface area contributed by atoms with Crippen molar-refractivity contribution in [2.24, 2.45) is 0 Å². The molecule has 14 heteroatoms. The molecule has 7 nitrogen and oxygen atoms in total. The van der Waals surface area contributed by atoms with Crippen LogP contribution in [-0.4, -0.2) is 55.7 Å². The summed E-state index contributed by atoms with van der Waals surface area (Å²) < 4.78 is 112. The van der Waals surface area contributed by atoms with Crippen molar-refractivity contribution in [2.45, 2.75) is 62.5 Å². The Balaban J connectivity index is 4.36. The molecule has 0 radical (unpaired) electrons. The van der Waals surface area contributed by atoms with Gasteiger partial charge in [0.15, 0.2) is 5.25 Å². The second-order valence-electron chi connectivity index (χ2n) is 5.74. The van der Waals surface area contributed by atoms with Crippen molar-refractivity contribution in [1.82, 2.24) is 0 Å². The number of esters is 2. The molecule has 0 rings (SSSR count). The number of hydrogen-bond donors (Lipinski definition) is 1. The van der Waals surface area contributed by atoms with Crippen molar-refractivity contribution in [3.63, 3.8) is 0 Å². The second kappa shape index (κ2) is 11.4. The van der Waals surface area contributed by atoms with E-state index in [9.17, 15) is 44.3 Å². The SMILES string of the molecule is O=C(CC(C(=O)OCCCCC(F)(F)F)S(=O)(=O)O)OCCCCC(F)(F)F. The molecule has 1 unspecified atom stereocenters. The van der Waals surface area contributed by atoms with Crippen molar-refractivity contribution in [2.75, 3.05) is 13.2 Å². The standard InChI is InChI=1S/C14H20F6O7S/c15-13(16,17)5-1-3-7-26-11(21)9-10(28(23,24)25)12(22)27-8-4-2-6-14(18,19)20/h10H,1-9H2,(H,23,24,25). The van der Waals surface area contributed by atoms with Crippen LogP contribution in [0.5, 0.6) is 0 Å². The molecule has 0 spiro atoms. The lowest BCUT2D eigenvalue weighted by Gasteiger charge is -2.13. The zero-order valence-electron chi connectivity index (χ0n) is 14.5. The molecular formula is C14H20F6O7S. The van der Waals surface area contributed by atoms with Crippen molar-refractivity contribution in [1.29, 1.82) is 0 Å². The average Bonchev–Trinajstić information content (AvgIpc) is 2.48. The maximum atomic E-state index is 12.0. The molecule has 0 aliphatic heterocycles. The molecule has 0 amide bonds. The number of rotatable bonds is 12. The molecule has 166 valence electrons. The maximum absolute atomic E-state index is 12.0. The average molecular weight is 446 g/mol. The summed E-state index contributed by atoms with van der Waals surface area (Å²) in [5.41, 5.74) is 0. The highest BCUT2D eigenvalue weighted by atomic mass is 32.2. The van der Waals surface area contributed by atoms with Crippen LogP contribution in [0.25, 0.3) is 0 Å². The van der Waals surface area contributed by atoms with Gasteiger partial charge in [-0.2, -0.15) is 34.8 Å². The van der Waals surface area contributed by atoms with Gasteiger partial charge in [0.05, 0.1) is 19.6 Å². The Kier molecular flexibility index (Phi) is 10.8. The van der Waals surface area contributed by atoms with E-state index in [1.165, 1.54) is 0 Å². The van der Waals surface area contributed by atoms with Crippen LogP contribution >= 0.6 is 0 Å². The monoisotopic (exact) mass is 446 g/mol. The van der Waals surface area contributed by atoms with Crippen LogP contribution in [0.15, 0.2) is 0 Å². The summed E-state index contributed by atoms with van der Waals surface area (Å²) in [4.78, 5) is 23.2. The van der Waals surface area contributed by atoms with Gasteiger partial charge in [-0.05, 0) is 25.7 Å². The molecule has 1 atom stereocenters. The first kappa shape index (κ1) is 26.4. The number of ether oxygens (including phenoxy) is 2. The third-order valence-corrected chi connectivity index (χ3v) is 4.27. The summed E-state index contributed by atoms with van der Waals surface area (Å²) in [5.74, 6) is -2.83. The molecule has 0 saturated carbocycles. The Hall–Kier alpha value is -1.57. The molecule has 0 aliphatic carbocycles. The maximum Gasteiger partial charge on any atom is 0.389 e. The van der Waals surface area contributed by atoms with Gasteiger partial charge in [0.2, 0.25) is 0 Å². The summed E-state index contributed by atoms with van der Waals surface area (Å²) in [5, 5.41) is -2.35. The minimum Gasteiger partial charge on any atom is -0.466 e. The Morgan fingerprint density at radius 2 is 1.25 bits per heavy atom. The normalized spacial score (nSPS) is 13.8. The smallest absolute Gasteiger partial charge is 0.389 e. The summed E-state index contributed by atoms with van der Waals surface area (Å²) >= 11 is 0. The number of unbranched alkanes of at least 4 members (excludes halogenated alkanes) is 2. The molecule has 0 aromatic heterocycles. The van der Waals surface area contributed by atoms with Crippen LogP contribution < -0.4 is 0 Å². The fraction of sp³-hybridized carbons (Fsp3) is 0.857. The van der Waals surface area contributed by atoms with Gasteiger partial charge in [-0.3, -0.25) is 14.1 Å². The summed E-state index contributed by atoms with van der Waals surface area (Å²) in [6.07, 6.45) is -13.3. The van der Waals surface area contributed by atoms with Crippen LogP contribution in [-0.2, 0) is 29.2 Å². The first-order valence-corrected chi connectivity index (χ1v) is 9.54. The zero-order chi connectivity index (χ0) is 22.0. The molecule has 0 aromatic carbocycles. The minimum atomic E-state index is -5.08. The molecule has 0 saturated heterocycles. The van der Waals surface area contributed by atoms with E-state index in [4.69, 9.17) is 4.55 Å². The second-order valence-corrected chi connectivity index (χ2v) is 7.34. The van der Waals surface area contributed by atoms with Crippen LogP contribution in [0.4, 0.5) is 26.3 Å². The zero-order valence-corrected chi connectivity index (χ0v) is 15.3. The van der Waals surface area contributed by atoms with E-state index >= 15 is 0 Å². The Bertz CT molecular complexity index is 600. The van der Waals surface area contributed by atoms with Gasteiger partial charge >= 0.3 is 24.3 Å². The first-order valence-electron chi connectivity index (χ1n) is 8.04. The van der Waals surface area contributed by atoms with Crippen LogP contribution in [0.2, 0.25) is 0 Å². The molecule has 0 heterocycles. The molecular weight excluding hydrogens is 426 g/mol. The highest BCUT2D eigenvalue weighted by molar-refractivity contribution is 7.87. The van der Waals surface area contributed by atoms with Gasteiger partial charge in [-0.15, -0.1) is 0 Å².